The molecule has 1 aromatic rings. The molecule has 0 aliphatic heterocycles. The maximum Gasteiger partial charge on any atom is 0.127 e. The SMILES string of the molecule is CCCCn1c(CCC)nc(C(CC)CC)c1N. The zero-order valence-corrected chi connectivity index (χ0v) is 12.5. The Balaban J connectivity index is 3.05. The monoisotopic (exact) mass is 251 g/mol. The number of aromatic nitrogens is 2. The van der Waals surface area contributed by atoms with Gasteiger partial charge in [-0.05, 0) is 25.7 Å². The van der Waals surface area contributed by atoms with Crippen molar-refractivity contribution in [2.45, 2.75) is 78.7 Å². The van der Waals surface area contributed by atoms with E-state index in [1.807, 2.05) is 0 Å². The van der Waals surface area contributed by atoms with Crippen LogP contribution in [-0.2, 0) is 13.0 Å². The Labute approximate surface area is 112 Å². The van der Waals surface area contributed by atoms with Gasteiger partial charge in [-0.1, -0.05) is 34.1 Å². The molecular formula is C15H29N3. The standard InChI is InChI=1S/C15H29N3/c1-5-9-11-18-13(10-6-2)17-14(15(18)16)12(7-3)8-4/h12H,5-11,16H2,1-4H3. The molecule has 1 heterocycles. The van der Waals surface area contributed by atoms with Crippen LogP contribution in [0.4, 0.5) is 5.82 Å². The lowest BCUT2D eigenvalue weighted by molar-refractivity contribution is 0.603. The Morgan fingerprint density at radius 3 is 2.28 bits per heavy atom. The highest BCUT2D eigenvalue weighted by Gasteiger charge is 2.19. The topological polar surface area (TPSA) is 43.8 Å². The average molecular weight is 251 g/mol. The molecule has 18 heavy (non-hydrogen) atoms. The van der Waals surface area contributed by atoms with Crippen molar-refractivity contribution in [2.24, 2.45) is 0 Å². The molecule has 0 aliphatic carbocycles. The molecule has 1 rings (SSSR count). The highest BCUT2D eigenvalue weighted by molar-refractivity contribution is 5.40. The molecule has 0 saturated carbocycles. The number of rotatable bonds is 8. The van der Waals surface area contributed by atoms with Crippen LogP contribution in [-0.4, -0.2) is 9.55 Å². The first kappa shape index (κ1) is 15.1. The second-order valence-electron chi connectivity index (χ2n) is 5.07. The molecule has 0 spiro atoms. The number of nitrogens with zero attached hydrogens (tertiary/aromatic N) is 2. The van der Waals surface area contributed by atoms with E-state index in [9.17, 15) is 0 Å². The fourth-order valence-electron chi connectivity index (χ4n) is 2.49. The maximum absolute atomic E-state index is 6.33. The summed E-state index contributed by atoms with van der Waals surface area (Å²) >= 11 is 0. The van der Waals surface area contributed by atoms with Crippen LogP contribution in [0, 0.1) is 0 Å². The zero-order valence-electron chi connectivity index (χ0n) is 12.5. The van der Waals surface area contributed by atoms with Gasteiger partial charge in [-0.3, -0.25) is 0 Å². The number of nitrogens with two attached hydrogens (primary N) is 1. The summed E-state index contributed by atoms with van der Waals surface area (Å²) in [5, 5.41) is 0. The molecule has 0 fully saturated rings. The van der Waals surface area contributed by atoms with E-state index in [-0.39, 0.29) is 0 Å². The molecule has 3 heteroatoms. The van der Waals surface area contributed by atoms with E-state index in [0.717, 1.165) is 43.7 Å². The second-order valence-corrected chi connectivity index (χ2v) is 5.07. The first-order chi connectivity index (χ1) is 8.69. The van der Waals surface area contributed by atoms with Gasteiger partial charge < -0.3 is 10.3 Å². The van der Waals surface area contributed by atoms with Gasteiger partial charge in [0.1, 0.15) is 11.6 Å². The van der Waals surface area contributed by atoms with E-state index in [0.29, 0.717) is 5.92 Å². The maximum atomic E-state index is 6.33. The Bertz CT molecular complexity index is 351. The average Bonchev–Trinajstić information content (AvgIpc) is 2.67. The highest BCUT2D eigenvalue weighted by Crippen LogP contribution is 2.29. The molecule has 0 bridgehead atoms. The molecule has 0 aliphatic rings. The van der Waals surface area contributed by atoms with Crippen LogP contribution in [0.3, 0.4) is 0 Å². The van der Waals surface area contributed by atoms with Crippen molar-refractivity contribution in [3.63, 3.8) is 0 Å². The Morgan fingerprint density at radius 2 is 1.78 bits per heavy atom. The molecule has 3 nitrogen and oxygen atoms in total. The summed E-state index contributed by atoms with van der Waals surface area (Å²) in [7, 11) is 0. The Kier molecular flexibility index (Phi) is 6.23. The summed E-state index contributed by atoms with van der Waals surface area (Å²) in [4.78, 5) is 4.83. The van der Waals surface area contributed by atoms with E-state index < -0.39 is 0 Å². The molecule has 0 saturated heterocycles. The summed E-state index contributed by atoms with van der Waals surface area (Å²) < 4.78 is 2.25. The number of aryl methyl sites for hydroxylation is 1. The molecule has 0 unspecified atom stereocenters. The van der Waals surface area contributed by atoms with Crippen LogP contribution in [0.5, 0.6) is 0 Å². The lowest BCUT2D eigenvalue weighted by Crippen LogP contribution is -2.08. The van der Waals surface area contributed by atoms with Gasteiger partial charge in [-0.2, -0.15) is 0 Å². The van der Waals surface area contributed by atoms with Gasteiger partial charge in [0.2, 0.25) is 0 Å². The quantitative estimate of drug-likeness (QED) is 0.755. The van der Waals surface area contributed by atoms with Gasteiger partial charge in [0, 0.05) is 18.9 Å². The van der Waals surface area contributed by atoms with E-state index in [1.54, 1.807) is 0 Å². The van der Waals surface area contributed by atoms with Gasteiger partial charge in [0.05, 0.1) is 5.69 Å². The van der Waals surface area contributed by atoms with Gasteiger partial charge in [0.25, 0.3) is 0 Å². The van der Waals surface area contributed by atoms with E-state index >= 15 is 0 Å². The fraction of sp³-hybridized carbons (Fsp3) is 0.800. The summed E-state index contributed by atoms with van der Waals surface area (Å²) in [6.45, 7) is 9.88. The normalized spacial score (nSPS) is 11.4. The summed E-state index contributed by atoms with van der Waals surface area (Å²) in [5.41, 5.74) is 7.47. The molecule has 0 radical (unpaired) electrons. The number of hydrogen-bond donors (Lipinski definition) is 1. The minimum atomic E-state index is 0.517. The predicted molar refractivity (Wildman–Crippen MR) is 78.9 cm³/mol. The van der Waals surface area contributed by atoms with Crippen molar-refractivity contribution in [1.82, 2.24) is 9.55 Å². The van der Waals surface area contributed by atoms with Crippen LogP contribution in [0.2, 0.25) is 0 Å². The molecule has 0 amide bonds. The van der Waals surface area contributed by atoms with Crippen molar-refractivity contribution < 1.29 is 0 Å². The fourth-order valence-corrected chi connectivity index (χ4v) is 2.49. The first-order valence-corrected chi connectivity index (χ1v) is 7.54. The zero-order chi connectivity index (χ0) is 13.5. The summed E-state index contributed by atoms with van der Waals surface area (Å²) in [6.07, 6.45) is 6.79. The third-order valence-corrected chi connectivity index (χ3v) is 3.70. The number of nitrogen functional groups attached to an aromatic ring is 1. The molecular weight excluding hydrogens is 222 g/mol. The van der Waals surface area contributed by atoms with Crippen molar-refractivity contribution in [1.29, 1.82) is 0 Å². The summed E-state index contributed by atoms with van der Waals surface area (Å²) in [6, 6.07) is 0. The first-order valence-electron chi connectivity index (χ1n) is 7.54. The Morgan fingerprint density at radius 1 is 1.11 bits per heavy atom. The van der Waals surface area contributed by atoms with Crippen molar-refractivity contribution in [2.75, 3.05) is 5.73 Å². The van der Waals surface area contributed by atoms with Crippen LogP contribution in [0.15, 0.2) is 0 Å². The van der Waals surface area contributed by atoms with Gasteiger partial charge in [-0.25, -0.2) is 4.98 Å². The van der Waals surface area contributed by atoms with Gasteiger partial charge in [0.15, 0.2) is 0 Å². The van der Waals surface area contributed by atoms with Crippen molar-refractivity contribution >= 4 is 5.82 Å². The lowest BCUT2D eigenvalue weighted by atomic mass is 9.99. The second kappa shape index (κ2) is 7.45. The van der Waals surface area contributed by atoms with Crippen LogP contribution < -0.4 is 5.73 Å². The minimum Gasteiger partial charge on any atom is -0.384 e. The lowest BCUT2D eigenvalue weighted by Gasteiger charge is -2.11. The van der Waals surface area contributed by atoms with E-state index in [4.69, 9.17) is 10.7 Å². The third kappa shape index (κ3) is 3.27. The van der Waals surface area contributed by atoms with Crippen molar-refractivity contribution in [3.8, 4) is 0 Å². The molecule has 2 N–H and O–H groups in total. The van der Waals surface area contributed by atoms with Crippen molar-refractivity contribution in [3.05, 3.63) is 11.5 Å². The van der Waals surface area contributed by atoms with E-state index in [2.05, 4.69) is 32.3 Å². The highest BCUT2D eigenvalue weighted by atomic mass is 15.1. The predicted octanol–water partition coefficient (Wildman–Crippen LogP) is 4.12. The van der Waals surface area contributed by atoms with Crippen LogP contribution >= 0.6 is 0 Å². The van der Waals surface area contributed by atoms with Crippen LogP contribution in [0.25, 0.3) is 0 Å². The van der Waals surface area contributed by atoms with E-state index in [1.165, 1.54) is 18.7 Å². The molecule has 0 atom stereocenters. The minimum absolute atomic E-state index is 0.517. The van der Waals surface area contributed by atoms with Gasteiger partial charge in [-0.15, -0.1) is 0 Å². The van der Waals surface area contributed by atoms with Crippen LogP contribution in [0.1, 0.15) is 77.2 Å². The summed E-state index contributed by atoms with van der Waals surface area (Å²) in [5.74, 6) is 2.62. The smallest absolute Gasteiger partial charge is 0.127 e. The number of imidazole rings is 1. The number of anilines is 1. The Hall–Kier alpha value is -0.990. The third-order valence-electron chi connectivity index (χ3n) is 3.70. The number of hydrogen-bond acceptors (Lipinski definition) is 2. The largest absolute Gasteiger partial charge is 0.384 e. The molecule has 0 aromatic carbocycles. The van der Waals surface area contributed by atoms with Gasteiger partial charge >= 0.3 is 0 Å². The number of unbranched alkanes of at least 4 members (excludes halogenated alkanes) is 1. The molecule has 104 valence electrons. The molecule has 1 aromatic heterocycles.